The number of pyridine rings is 1. The van der Waals surface area contributed by atoms with Crippen LogP contribution in [0.2, 0.25) is 0 Å². The second kappa shape index (κ2) is 4.97. The Balaban J connectivity index is 1.93. The minimum atomic E-state index is -0.266. The van der Waals surface area contributed by atoms with Crippen molar-refractivity contribution >= 4 is 16.8 Å². The molecule has 2 heterocycles. The molecule has 0 atom stereocenters. The normalized spacial score (nSPS) is 16.8. The van der Waals surface area contributed by atoms with Crippen molar-refractivity contribution in [2.75, 3.05) is 13.1 Å². The molecule has 0 bridgehead atoms. The van der Waals surface area contributed by atoms with E-state index in [4.69, 9.17) is 0 Å². The van der Waals surface area contributed by atoms with Gasteiger partial charge < -0.3 is 10.0 Å². The number of benzene rings is 1. The second-order valence-corrected chi connectivity index (χ2v) is 4.90. The van der Waals surface area contributed by atoms with E-state index in [-0.39, 0.29) is 12.0 Å². The summed E-state index contributed by atoms with van der Waals surface area (Å²) in [5, 5.41) is 10.4. The monoisotopic (exact) mass is 256 g/mol. The lowest BCUT2D eigenvalue weighted by molar-refractivity contribution is 0.0548. The predicted octanol–water partition coefficient (Wildman–Crippen LogP) is 1.83. The molecule has 98 valence electrons. The van der Waals surface area contributed by atoms with Gasteiger partial charge in [-0.2, -0.15) is 0 Å². The van der Waals surface area contributed by atoms with Gasteiger partial charge in [0, 0.05) is 30.2 Å². The molecule has 0 aliphatic carbocycles. The number of aromatic nitrogens is 1. The van der Waals surface area contributed by atoms with E-state index in [9.17, 15) is 9.90 Å². The fourth-order valence-electron chi connectivity index (χ4n) is 2.53. The molecule has 1 aromatic carbocycles. The molecule has 3 rings (SSSR count). The third kappa shape index (κ3) is 2.31. The molecule has 1 aromatic heterocycles. The van der Waals surface area contributed by atoms with Crippen LogP contribution in [-0.4, -0.2) is 40.1 Å². The molecule has 0 radical (unpaired) electrons. The van der Waals surface area contributed by atoms with Gasteiger partial charge in [0.05, 0.1) is 11.6 Å². The highest BCUT2D eigenvalue weighted by atomic mass is 16.3. The first-order valence-electron chi connectivity index (χ1n) is 6.57. The Morgan fingerprint density at radius 1 is 1.21 bits per heavy atom. The molecule has 1 saturated heterocycles. The number of rotatable bonds is 1. The number of likely N-dealkylation sites (tertiary alicyclic amines) is 1. The summed E-state index contributed by atoms with van der Waals surface area (Å²) >= 11 is 0. The third-order valence-electron chi connectivity index (χ3n) is 3.63. The maximum Gasteiger partial charge on any atom is 0.254 e. The van der Waals surface area contributed by atoms with Gasteiger partial charge in [0.15, 0.2) is 0 Å². The molecule has 1 fully saturated rings. The first kappa shape index (κ1) is 12.1. The highest BCUT2D eigenvalue weighted by Gasteiger charge is 2.23. The highest BCUT2D eigenvalue weighted by Crippen LogP contribution is 2.20. The summed E-state index contributed by atoms with van der Waals surface area (Å²) in [4.78, 5) is 18.6. The van der Waals surface area contributed by atoms with Crippen molar-refractivity contribution < 1.29 is 9.90 Å². The van der Waals surface area contributed by atoms with Crippen molar-refractivity contribution in [1.82, 2.24) is 9.88 Å². The molecule has 0 saturated carbocycles. The zero-order valence-corrected chi connectivity index (χ0v) is 10.6. The quantitative estimate of drug-likeness (QED) is 0.847. The molecule has 1 amide bonds. The van der Waals surface area contributed by atoms with E-state index in [0.29, 0.717) is 31.5 Å². The van der Waals surface area contributed by atoms with Crippen molar-refractivity contribution in [2.24, 2.45) is 0 Å². The Morgan fingerprint density at radius 3 is 2.79 bits per heavy atom. The molecule has 0 spiro atoms. The van der Waals surface area contributed by atoms with Gasteiger partial charge in [0.25, 0.3) is 5.91 Å². The largest absolute Gasteiger partial charge is 0.393 e. The van der Waals surface area contributed by atoms with Crippen LogP contribution in [0.15, 0.2) is 36.5 Å². The van der Waals surface area contributed by atoms with Crippen LogP contribution in [0.5, 0.6) is 0 Å². The molecule has 1 aliphatic rings. The number of aliphatic hydroxyl groups excluding tert-OH is 1. The number of aliphatic hydroxyl groups is 1. The van der Waals surface area contributed by atoms with Gasteiger partial charge in [-0.15, -0.1) is 0 Å². The van der Waals surface area contributed by atoms with E-state index in [1.807, 2.05) is 35.2 Å². The molecule has 1 aliphatic heterocycles. The Hall–Kier alpha value is -1.94. The van der Waals surface area contributed by atoms with Gasteiger partial charge in [0.2, 0.25) is 0 Å². The molecule has 19 heavy (non-hydrogen) atoms. The summed E-state index contributed by atoms with van der Waals surface area (Å²) in [6.07, 6.45) is 2.79. The predicted molar refractivity (Wildman–Crippen MR) is 72.9 cm³/mol. The van der Waals surface area contributed by atoms with Crippen LogP contribution in [0.4, 0.5) is 0 Å². The van der Waals surface area contributed by atoms with Crippen LogP contribution >= 0.6 is 0 Å². The Labute approximate surface area is 111 Å². The van der Waals surface area contributed by atoms with Gasteiger partial charge in [-0.25, -0.2) is 0 Å². The second-order valence-electron chi connectivity index (χ2n) is 4.90. The Kier molecular flexibility index (Phi) is 3.17. The molecular weight excluding hydrogens is 240 g/mol. The van der Waals surface area contributed by atoms with Crippen molar-refractivity contribution in [3.63, 3.8) is 0 Å². The number of amides is 1. The molecule has 1 N–H and O–H groups in total. The summed E-state index contributed by atoms with van der Waals surface area (Å²) in [5.41, 5.74) is 1.53. The third-order valence-corrected chi connectivity index (χ3v) is 3.63. The van der Waals surface area contributed by atoms with Crippen LogP contribution in [0.25, 0.3) is 10.9 Å². The molecule has 4 heteroatoms. The number of carbonyl (C=O) groups is 1. The Bertz CT molecular complexity index is 599. The van der Waals surface area contributed by atoms with Gasteiger partial charge in [-0.1, -0.05) is 12.1 Å². The molecule has 4 nitrogen and oxygen atoms in total. The summed E-state index contributed by atoms with van der Waals surface area (Å²) < 4.78 is 0. The highest BCUT2D eigenvalue weighted by molar-refractivity contribution is 6.06. The van der Waals surface area contributed by atoms with E-state index < -0.39 is 0 Å². The smallest absolute Gasteiger partial charge is 0.254 e. The molecular formula is C15H16N2O2. The fourth-order valence-corrected chi connectivity index (χ4v) is 2.53. The van der Waals surface area contributed by atoms with E-state index in [1.165, 1.54) is 0 Å². The van der Waals surface area contributed by atoms with Crippen LogP contribution in [0.3, 0.4) is 0 Å². The van der Waals surface area contributed by atoms with Crippen molar-refractivity contribution in [3.8, 4) is 0 Å². The first-order chi connectivity index (χ1) is 9.25. The summed E-state index contributed by atoms with van der Waals surface area (Å²) in [7, 11) is 0. The summed E-state index contributed by atoms with van der Waals surface area (Å²) in [5.74, 6) is 0.0329. The molecule has 2 aromatic rings. The summed E-state index contributed by atoms with van der Waals surface area (Å²) in [6.45, 7) is 1.24. The number of hydrogen-bond donors (Lipinski definition) is 1. The van der Waals surface area contributed by atoms with Crippen molar-refractivity contribution in [1.29, 1.82) is 0 Å². The van der Waals surface area contributed by atoms with Crippen molar-refractivity contribution in [3.05, 3.63) is 42.1 Å². The fraction of sp³-hybridized carbons (Fsp3) is 0.333. The summed E-state index contributed by atoms with van der Waals surface area (Å²) in [6, 6.07) is 9.39. The standard InChI is InChI=1S/C15H16N2O2/c18-11-6-9-17(10-7-11)15(19)13-3-1-5-14-12(13)4-2-8-16-14/h1-5,8,11,18H,6-7,9-10H2. The maximum absolute atomic E-state index is 12.5. The SMILES string of the molecule is O=C(c1cccc2ncccc12)N1CCC(O)CC1. The average Bonchev–Trinajstić information content (AvgIpc) is 2.47. The van der Waals surface area contributed by atoms with Gasteiger partial charge >= 0.3 is 0 Å². The van der Waals surface area contributed by atoms with E-state index in [2.05, 4.69) is 4.98 Å². The maximum atomic E-state index is 12.5. The zero-order chi connectivity index (χ0) is 13.2. The van der Waals surface area contributed by atoms with Crippen molar-refractivity contribution in [2.45, 2.75) is 18.9 Å². The zero-order valence-electron chi connectivity index (χ0n) is 10.6. The van der Waals surface area contributed by atoms with Crippen LogP contribution < -0.4 is 0 Å². The van der Waals surface area contributed by atoms with Crippen LogP contribution in [-0.2, 0) is 0 Å². The lowest BCUT2D eigenvalue weighted by Crippen LogP contribution is -2.40. The van der Waals surface area contributed by atoms with E-state index in [1.54, 1.807) is 6.20 Å². The van der Waals surface area contributed by atoms with Crippen LogP contribution in [0.1, 0.15) is 23.2 Å². The van der Waals surface area contributed by atoms with Gasteiger partial charge in [-0.05, 0) is 31.0 Å². The topological polar surface area (TPSA) is 53.4 Å². The lowest BCUT2D eigenvalue weighted by Gasteiger charge is -2.29. The van der Waals surface area contributed by atoms with Gasteiger partial charge in [0.1, 0.15) is 0 Å². The van der Waals surface area contributed by atoms with Crippen LogP contribution in [0, 0.1) is 0 Å². The number of carbonyl (C=O) groups excluding carboxylic acids is 1. The minimum Gasteiger partial charge on any atom is -0.393 e. The average molecular weight is 256 g/mol. The lowest BCUT2D eigenvalue weighted by atomic mass is 10.0. The number of piperidine rings is 1. The number of hydrogen-bond acceptors (Lipinski definition) is 3. The van der Waals surface area contributed by atoms with Gasteiger partial charge in [-0.3, -0.25) is 9.78 Å². The minimum absolute atomic E-state index is 0.0329. The van der Waals surface area contributed by atoms with E-state index >= 15 is 0 Å². The number of nitrogens with zero attached hydrogens (tertiary/aromatic N) is 2. The van der Waals surface area contributed by atoms with E-state index in [0.717, 1.165) is 10.9 Å². The number of fused-ring (bicyclic) bond motifs is 1. The molecule has 0 unspecified atom stereocenters. The Morgan fingerprint density at radius 2 is 2.00 bits per heavy atom. The first-order valence-corrected chi connectivity index (χ1v) is 6.57.